The highest BCUT2D eigenvalue weighted by atomic mass is 15.1. The molecule has 0 bridgehead atoms. The molecule has 0 spiro atoms. The van der Waals surface area contributed by atoms with E-state index in [2.05, 4.69) is 14.9 Å². The summed E-state index contributed by atoms with van der Waals surface area (Å²) in [6.45, 7) is 0.866. The minimum atomic E-state index is 0.442. The van der Waals surface area contributed by atoms with Gasteiger partial charge in [0.1, 0.15) is 11.8 Å². The zero-order valence-corrected chi connectivity index (χ0v) is 10.2. The summed E-state index contributed by atoms with van der Waals surface area (Å²) in [5, 5.41) is 8.68. The molecule has 0 atom stereocenters. The van der Waals surface area contributed by atoms with Crippen molar-refractivity contribution in [3.63, 3.8) is 0 Å². The van der Waals surface area contributed by atoms with Gasteiger partial charge in [0.05, 0.1) is 11.9 Å². The van der Waals surface area contributed by atoms with Crippen LogP contribution < -0.4 is 4.90 Å². The van der Waals surface area contributed by atoms with Crippen molar-refractivity contribution in [1.29, 1.82) is 5.26 Å². The molecule has 2 aromatic heterocycles. The highest BCUT2D eigenvalue weighted by molar-refractivity contribution is 5.45. The first kappa shape index (κ1) is 12.1. The van der Waals surface area contributed by atoms with E-state index in [0.717, 1.165) is 24.3 Å². The van der Waals surface area contributed by atoms with E-state index in [0.29, 0.717) is 5.69 Å². The smallest absolute Gasteiger partial charge is 0.140 e. The van der Waals surface area contributed by atoms with E-state index in [1.165, 1.54) is 0 Å². The van der Waals surface area contributed by atoms with E-state index in [1.54, 1.807) is 18.5 Å². The van der Waals surface area contributed by atoms with Gasteiger partial charge in [-0.1, -0.05) is 6.07 Å². The van der Waals surface area contributed by atoms with Crippen molar-refractivity contribution in [3.05, 3.63) is 54.1 Å². The fourth-order valence-corrected chi connectivity index (χ4v) is 1.64. The molecule has 90 valence electrons. The quantitative estimate of drug-likeness (QED) is 0.817. The SMILES string of the molecule is CN(CCc1ccccn1)c1ccc(C#N)nc1. The van der Waals surface area contributed by atoms with Gasteiger partial charge in [0.15, 0.2) is 0 Å². The van der Waals surface area contributed by atoms with Crippen LogP contribution in [0.5, 0.6) is 0 Å². The van der Waals surface area contributed by atoms with E-state index in [4.69, 9.17) is 5.26 Å². The second kappa shape index (κ2) is 5.78. The Morgan fingerprint density at radius 3 is 2.72 bits per heavy atom. The van der Waals surface area contributed by atoms with Gasteiger partial charge in [0, 0.05) is 31.9 Å². The molecule has 0 saturated heterocycles. The molecule has 4 nitrogen and oxygen atoms in total. The molecule has 0 N–H and O–H groups in total. The number of hydrogen-bond acceptors (Lipinski definition) is 4. The topological polar surface area (TPSA) is 52.8 Å². The predicted octanol–water partition coefficient (Wildman–Crippen LogP) is 2.03. The first-order valence-electron chi connectivity index (χ1n) is 5.77. The van der Waals surface area contributed by atoms with Crippen molar-refractivity contribution in [1.82, 2.24) is 9.97 Å². The maximum atomic E-state index is 8.68. The lowest BCUT2D eigenvalue weighted by Gasteiger charge is -2.18. The molecule has 0 aliphatic rings. The summed E-state index contributed by atoms with van der Waals surface area (Å²) in [7, 11) is 2.01. The number of hydrogen-bond donors (Lipinski definition) is 0. The van der Waals surface area contributed by atoms with Gasteiger partial charge in [-0.15, -0.1) is 0 Å². The predicted molar refractivity (Wildman–Crippen MR) is 70.2 cm³/mol. The van der Waals surface area contributed by atoms with Gasteiger partial charge < -0.3 is 4.90 Å². The van der Waals surface area contributed by atoms with Crippen molar-refractivity contribution in [2.45, 2.75) is 6.42 Å². The van der Waals surface area contributed by atoms with Crippen LogP contribution >= 0.6 is 0 Å². The number of likely N-dealkylation sites (N-methyl/N-ethyl adjacent to an activating group) is 1. The zero-order chi connectivity index (χ0) is 12.8. The van der Waals surface area contributed by atoms with E-state index in [9.17, 15) is 0 Å². The van der Waals surface area contributed by atoms with E-state index >= 15 is 0 Å². The Morgan fingerprint density at radius 2 is 2.11 bits per heavy atom. The van der Waals surface area contributed by atoms with Crippen molar-refractivity contribution in [2.75, 3.05) is 18.5 Å². The van der Waals surface area contributed by atoms with Crippen LogP contribution in [0.4, 0.5) is 5.69 Å². The van der Waals surface area contributed by atoms with Gasteiger partial charge in [-0.25, -0.2) is 4.98 Å². The molecule has 0 radical (unpaired) electrons. The highest BCUT2D eigenvalue weighted by Crippen LogP contribution is 2.11. The Bertz CT molecular complexity index is 528. The molecule has 18 heavy (non-hydrogen) atoms. The molecule has 0 amide bonds. The molecular weight excluding hydrogens is 224 g/mol. The lowest BCUT2D eigenvalue weighted by molar-refractivity contribution is 0.850. The molecule has 0 aliphatic heterocycles. The number of nitriles is 1. The molecule has 0 aromatic carbocycles. The average molecular weight is 238 g/mol. The fourth-order valence-electron chi connectivity index (χ4n) is 1.64. The molecular formula is C14H14N4. The fraction of sp³-hybridized carbons (Fsp3) is 0.214. The molecule has 2 rings (SSSR count). The monoisotopic (exact) mass is 238 g/mol. The van der Waals surface area contributed by atoms with Crippen LogP contribution in [0.3, 0.4) is 0 Å². The standard InChI is InChI=1S/C14H14N4/c1-18(9-7-12-4-2-3-8-16-12)14-6-5-13(10-15)17-11-14/h2-6,8,11H,7,9H2,1H3. The third kappa shape index (κ3) is 3.05. The Morgan fingerprint density at radius 1 is 1.22 bits per heavy atom. The summed E-state index contributed by atoms with van der Waals surface area (Å²) in [6, 6.07) is 11.6. The number of pyridine rings is 2. The molecule has 0 fully saturated rings. The summed E-state index contributed by atoms with van der Waals surface area (Å²) in [4.78, 5) is 10.4. The molecule has 4 heteroatoms. The summed E-state index contributed by atoms with van der Waals surface area (Å²) in [5.74, 6) is 0. The molecule has 2 heterocycles. The van der Waals surface area contributed by atoms with E-state index in [1.807, 2.05) is 37.4 Å². The van der Waals surface area contributed by atoms with Crippen LogP contribution in [0.1, 0.15) is 11.4 Å². The lowest BCUT2D eigenvalue weighted by atomic mass is 10.2. The first-order chi connectivity index (χ1) is 8.79. The Kier molecular flexibility index (Phi) is 3.87. The summed E-state index contributed by atoms with van der Waals surface area (Å²) in [6.07, 6.45) is 4.41. The van der Waals surface area contributed by atoms with Crippen LogP contribution in [0.15, 0.2) is 42.7 Å². The van der Waals surface area contributed by atoms with Crippen LogP contribution in [0.25, 0.3) is 0 Å². The molecule has 0 aliphatic carbocycles. The van der Waals surface area contributed by atoms with Gasteiger partial charge in [-0.2, -0.15) is 5.26 Å². The van der Waals surface area contributed by atoms with Crippen LogP contribution in [-0.4, -0.2) is 23.6 Å². The number of nitrogens with zero attached hydrogens (tertiary/aromatic N) is 4. The first-order valence-corrected chi connectivity index (χ1v) is 5.77. The third-order valence-corrected chi connectivity index (χ3v) is 2.73. The average Bonchev–Trinajstić information content (AvgIpc) is 2.46. The van der Waals surface area contributed by atoms with E-state index < -0.39 is 0 Å². The van der Waals surface area contributed by atoms with Crippen molar-refractivity contribution in [2.24, 2.45) is 0 Å². The van der Waals surface area contributed by atoms with Gasteiger partial charge in [0.25, 0.3) is 0 Å². The van der Waals surface area contributed by atoms with Crippen LogP contribution in [-0.2, 0) is 6.42 Å². The van der Waals surface area contributed by atoms with Crippen molar-refractivity contribution >= 4 is 5.69 Å². The molecule has 2 aromatic rings. The van der Waals surface area contributed by atoms with Crippen molar-refractivity contribution in [3.8, 4) is 6.07 Å². The molecule has 0 saturated carbocycles. The second-order valence-electron chi connectivity index (χ2n) is 4.01. The summed E-state index contributed by atoms with van der Waals surface area (Å²) >= 11 is 0. The number of rotatable bonds is 4. The number of aromatic nitrogens is 2. The zero-order valence-electron chi connectivity index (χ0n) is 10.2. The Labute approximate surface area is 107 Å². The highest BCUT2D eigenvalue weighted by Gasteiger charge is 2.02. The normalized spacial score (nSPS) is 9.78. The van der Waals surface area contributed by atoms with E-state index in [-0.39, 0.29) is 0 Å². The largest absolute Gasteiger partial charge is 0.373 e. The summed E-state index contributed by atoms with van der Waals surface area (Å²) in [5.41, 5.74) is 2.52. The Balaban J connectivity index is 1.95. The van der Waals surface area contributed by atoms with Crippen molar-refractivity contribution < 1.29 is 0 Å². The minimum absolute atomic E-state index is 0.442. The maximum Gasteiger partial charge on any atom is 0.140 e. The molecule has 0 unspecified atom stereocenters. The van der Waals surface area contributed by atoms with Crippen LogP contribution in [0.2, 0.25) is 0 Å². The summed E-state index contributed by atoms with van der Waals surface area (Å²) < 4.78 is 0. The minimum Gasteiger partial charge on any atom is -0.373 e. The Hall–Kier alpha value is -2.41. The number of anilines is 1. The van der Waals surface area contributed by atoms with Gasteiger partial charge in [0.2, 0.25) is 0 Å². The van der Waals surface area contributed by atoms with Gasteiger partial charge in [-0.3, -0.25) is 4.98 Å². The third-order valence-electron chi connectivity index (χ3n) is 2.73. The second-order valence-corrected chi connectivity index (χ2v) is 4.01. The lowest BCUT2D eigenvalue weighted by Crippen LogP contribution is -2.20. The maximum absolute atomic E-state index is 8.68. The van der Waals surface area contributed by atoms with Gasteiger partial charge in [-0.05, 0) is 24.3 Å². The van der Waals surface area contributed by atoms with Gasteiger partial charge >= 0.3 is 0 Å². The van der Waals surface area contributed by atoms with Crippen LogP contribution in [0, 0.1) is 11.3 Å².